The van der Waals surface area contributed by atoms with E-state index in [0.29, 0.717) is 24.2 Å². The molecule has 1 aliphatic carbocycles. The SMILES string of the molecule is Cc1cc2nc(NC(=O)c3ccc([C@@](O)(C(O)C4CC4)C(F)(F)F)cc3)cc(-c3ccccc3)n2n1. The monoisotopic (exact) mass is 496 g/mol. The van der Waals surface area contributed by atoms with Crippen molar-refractivity contribution < 1.29 is 28.2 Å². The number of nitrogens with one attached hydrogen (secondary N) is 1. The minimum absolute atomic E-state index is 0.0665. The summed E-state index contributed by atoms with van der Waals surface area (Å²) in [4.78, 5) is 17.3. The highest BCUT2D eigenvalue weighted by Crippen LogP contribution is 2.49. The Labute approximate surface area is 204 Å². The highest BCUT2D eigenvalue weighted by atomic mass is 19.4. The number of halogens is 3. The van der Waals surface area contributed by atoms with Crippen LogP contribution in [-0.2, 0) is 5.60 Å². The van der Waals surface area contributed by atoms with Gasteiger partial charge in [-0.3, -0.25) is 4.79 Å². The Balaban J connectivity index is 1.44. The predicted octanol–water partition coefficient (Wildman–Crippen LogP) is 4.48. The number of nitrogens with zero attached hydrogens (tertiary/aromatic N) is 3. The molecule has 2 heterocycles. The number of hydrogen-bond donors (Lipinski definition) is 3. The molecule has 0 spiro atoms. The van der Waals surface area contributed by atoms with Crippen LogP contribution >= 0.6 is 0 Å². The fraction of sp³-hybridized carbons (Fsp3) is 0.269. The zero-order chi connectivity index (χ0) is 25.7. The van der Waals surface area contributed by atoms with Gasteiger partial charge in [-0.1, -0.05) is 42.5 Å². The van der Waals surface area contributed by atoms with E-state index in [0.717, 1.165) is 23.4 Å². The van der Waals surface area contributed by atoms with Gasteiger partial charge in [0.2, 0.25) is 5.60 Å². The fourth-order valence-electron chi connectivity index (χ4n) is 4.29. The van der Waals surface area contributed by atoms with E-state index in [1.54, 1.807) is 16.6 Å². The summed E-state index contributed by atoms with van der Waals surface area (Å²) in [6, 6.07) is 17.2. The van der Waals surface area contributed by atoms with Gasteiger partial charge in [0.1, 0.15) is 5.82 Å². The number of aromatic nitrogens is 3. The minimum Gasteiger partial charge on any atom is -0.389 e. The zero-order valence-electron chi connectivity index (χ0n) is 19.2. The molecule has 36 heavy (non-hydrogen) atoms. The molecule has 0 saturated heterocycles. The molecule has 1 aliphatic rings. The highest BCUT2D eigenvalue weighted by molar-refractivity contribution is 6.04. The van der Waals surface area contributed by atoms with Crippen molar-refractivity contribution in [3.05, 3.63) is 83.6 Å². The van der Waals surface area contributed by atoms with E-state index in [9.17, 15) is 28.2 Å². The molecule has 2 aromatic heterocycles. The van der Waals surface area contributed by atoms with Gasteiger partial charge in [0.15, 0.2) is 5.65 Å². The average molecular weight is 496 g/mol. The lowest BCUT2D eigenvalue weighted by molar-refractivity contribution is -0.300. The number of aryl methyl sites for hydroxylation is 1. The van der Waals surface area contributed by atoms with Crippen LogP contribution in [0.4, 0.5) is 19.0 Å². The van der Waals surface area contributed by atoms with Crippen molar-refractivity contribution in [3.63, 3.8) is 0 Å². The van der Waals surface area contributed by atoms with Crippen LogP contribution in [-0.4, -0.2) is 43.0 Å². The van der Waals surface area contributed by atoms with Gasteiger partial charge >= 0.3 is 6.18 Å². The summed E-state index contributed by atoms with van der Waals surface area (Å²) >= 11 is 0. The van der Waals surface area contributed by atoms with Crippen molar-refractivity contribution >= 4 is 17.4 Å². The minimum atomic E-state index is -5.09. The summed E-state index contributed by atoms with van der Waals surface area (Å²) in [5, 5.41) is 27.9. The predicted molar refractivity (Wildman–Crippen MR) is 126 cm³/mol. The molecule has 1 amide bonds. The van der Waals surface area contributed by atoms with Crippen molar-refractivity contribution in [2.45, 2.75) is 37.6 Å². The standard InChI is InChI=1S/C26H23F3N4O3/c1-15-13-22-30-21(14-20(33(22)32-15)16-5-3-2-4-6-16)31-24(35)18-9-11-19(12-10-18)25(36,26(27,28)29)23(34)17-7-8-17/h2-6,9-14,17,23,34,36H,7-8H2,1H3,(H,30,31,35)/t23?,25-/m1/s1. The summed E-state index contributed by atoms with van der Waals surface area (Å²) in [6.07, 6.45) is -6.24. The number of benzene rings is 2. The second kappa shape index (κ2) is 8.72. The molecule has 5 rings (SSSR count). The molecular formula is C26H23F3N4O3. The third kappa shape index (κ3) is 4.22. The molecule has 4 aromatic rings. The first-order chi connectivity index (χ1) is 17.1. The summed E-state index contributed by atoms with van der Waals surface area (Å²) < 4.78 is 43.0. The van der Waals surface area contributed by atoms with E-state index in [2.05, 4.69) is 15.4 Å². The lowest BCUT2D eigenvalue weighted by Gasteiger charge is -2.35. The van der Waals surface area contributed by atoms with E-state index >= 15 is 0 Å². The molecule has 1 saturated carbocycles. The van der Waals surface area contributed by atoms with Crippen LogP contribution in [0.25, 0.3) is 16.9 Å². The van der Waals surface area contributed by atoms with Crippen LogP contribution < -0.4 is 5.32 Å². The molecule has 10 heteroatoms. The number of rotatable bonds is 6. The number of anilines is 1. The van der Waals surface area contributed by atoms with Gasteiger partial charge in [0.05, 0.1) is 17.5 Å². The molecule has 0 radical (unpaired) electrons. The summed E-state index contributed by atoms with van der Waals surface area (Å²) in [7, 11) is 0. The van der Waals surface area contributed by atoms with Crippen LogP contribution in [0, 0.1) is 12.8 Å². The number of aliphatic hydroxyl groups excluding tert-OH is 1. The third-order valence-electron chi connectivity index (χ3n) is 6.38. The molecule has 3 N–H and O–H groups in total. The molecule has 2 aromatic carbocycles. The topological polar surface area (TPSA) is 99.8 Å². The number of aliphatic hydroxyl groups is 2. The van der Waals surface area contributed by atoms with Crippen LogP contribution in [0.5, 0.6) is 0 Å². The molecule has 1 fully saturated rings. The Bertz CT molecular complexity index is 1420. The van der Waals surface area contributed by atoms with Gasteiger partial charge in [-0.2, -0.15) is 18.3 Å². The van der Waals surface area contributed by atoms with Crippen LogP contribution in [0.2, 0.25) is 0 Å². The van der Waals surface area contributed by atoms with Crippen LogP contribution in [0.15, 0.2) is 66.7 Å². The number of alkyl halides is 3. The number of carbonyl (C=O) groups is 1. The fourth-order valence-corrected chi connectivity index (χ4v) is 4.29. The van der Waals surface area contributed by atoms with E-state index in [1.807, 2.05) is 37.3 Å². The lowest BCUT2D eigenvalue weighted by atomic mass is 9.84. The third-order valence-corrected chi connectivity index (χ3v) is 6.38. The van der Waals surface area contributed by atoms with Gasteiger partial charge in [0, 0.05) is 23.3 Å². The maximum absolute atomic E-state index is 13.8. The quantitative estimate of drug-likeness (QED) is 0.366. The first-order valence-corrected chi connectivity index (χ1v) is 11.4. The zero-order valence-corrected chi connectivity index (χ0v) is 19.2. The molecule has 0 bridgehead atoms. The maximum Gasteiger partial charge on any atom is 0.424 e. The Morgan fingerprint density at radius 1 is 1.08 bits per heavy atom. The van der Waals surface area contributed by atoms with Crippen molar-refractivity contribution in [2.24, 2.45) is 5.92 Å². The normalized spacial score (nSPS) is 16.5. The Morgan fingerprint density at radius 2 is 1.75 bits per heavy atom. The van der Waals surface area contributed by atoms with E-state index < -0.39 is 35.3 Å². The highest BCUT2D eigenvalue weighted by Gasteiger charge is 2.62. The Hall–Kier alpha value is -3.76. The van der Waals surface area contributed by atoms with Gasteiger partial charge in [-0.25, -0.2) is 9.50 Å². The van der Waals surface area contributed by atoms with Crippen molar-refractivity contribution in [3.8, 4) is 11.3 Å². The number of fused-ring (bicyclic) bond motifs is 1. The van der Waals surface area contributed by atoms with Crippen LogP contribution in [0.1, 0.15) is 34.5 Å². The average Bonchev–Trinajstić information content (AvgIpc) is 3.63. The van der Waals surface area contributed by atoms with Gasteiger partial charge in [-0.05, 0) is 43.4 Å². The first kappa shape index (κ1) is 24.0. The van der Waals surface area contributed by atoms with Gasteiger partial charge in [0.25, 0.3) is 5.91 Å². The second-order valence-electron chi connectivity index (χ2n) is 9.03. The van der Waals surface area contributed by atoms with Crippen LogP contribution in [0.3, 0.4) is 0 Å². The number of amides is 1. The van der Waals surface area contributed by atoms with Gasteiger partial charge < -0.3 is 15.5 Å². The number of carbonyl (C=O) groups excluding carboxylic acids is 1. The molecule has 1 unspecified atom stereocenters. The Morgan fingerprint density at radius 3 is 2.36 bits per heavy atom. The molecule has 2 atom stereocenters. The maximum atomic E-state index is 13.8. The van der Waals surface area contributed by atoms with Gasteiger partial charge in [-0.15, -0.1) is 0 Å². The lowest BCUT2D eigenvalue weighted by Crippen LogP contribution is -2.52. The molecule has 186 valence electrons. The van der Waals surface area contributed by atoms with Crippen molar-refractivity contribution in [2.75, 3.05) is 5.32 Å². The Kier molecular flexibility index (Phi) is 5.80. The molecule has 0 aliphatic heterocycles. The van der Waals surface area contributed by atoms with E-state index in [-0.39, 0.29) is 11.4 Å². The summed E-state index contributed by atoms with van der Waals surface area (Å²) in [5.41, 5.74) is -1.06. The first-order valence-electron chi connectivity index (χ1n) is 11.4. The van der Waals surface area contributed by atoms with E-state index in [4.69, 9.17) is 0 Å². The van der Waals surface area contributed by atoms with Crippen molar-refractivity contribution in [1.29, 1.82) is 0 Å². The molecular weight excluding hydrogens is 473 g/mol. The van der Waals surface area contributed by atoms with Crippen molar-refractivity contribution in [1.82, 2.24) is 14.6 Å². The van der Waals surface area contributed by atoms with E-state index in [1.165, 1.54) is 12.1 Å². The largest absolute Gasteiger partial charge is 0.424 e. The summed E-state index contributed by atoms with van der Waals surface area (Å²) in [5.74, 6) is -0.968. The molecule has 7 nitrogen and oxygen atoms in total. The summed E-state index contributed by atoms with van der Waals surface area (Å²) in [6.45, 7) is 1.82. The number of hydrogen-bond acceptors (Lipinski definition) is 5. The second-order valence-corrected chi connectivity index (χ2v) is 9.03. The smallest absolute Gasteiger partial charge is 0.389 e.